The highest BCUT2D eigenvalue weighted by Gasteiger charge is 2.48. The Morgan fingerprint density at radius 3 is 1.95 bits per heavy atom. The number of fused-ring (bicyclic) bond motifs is 1. The minimum absolute atomic E-state index is 0.110. The van der Waals surface area contributed by atoms with Gasteiger partial charge in [0.2, 0.25) is 11.8 Å². The lowest BCUT2D eigenvalue weighted by atomic mass is 9.85. The molecule has 1 unspecified atom stereocenters. The number of ether oxygens (including phenoxy) is 1. The molecule has 0 N–H and O–H groups in total. The zero-order valence-electron chi connectivity index (χ0n) is 26.5. The normalized spacial score (nSPS) is 21.3. The Kier molecular flexibility index (Phi) is 14.0. The van der Waals surface area contributed by atoms with Crippen LogP contribution in [0.5, 0.6) is 0 Å². The molecule has 0 saturated carbocycles. The third-order valence-corrected chi connectivity index (χ3v) is 9.33. The van der Waals surface area contributed by atoms with E-state index >= 15 is 0 Å². The largest absolute Gasteiger partial charge is 0.459 e. The molecule has 3 aliphatic rings. The molecule has 4 rings (SSSR count). The quantitative estimate of drug-likeness (QED) is 0.0821. The number of pyridine rings is 1. The SMILES string of the molecule is CCCCCCCCCCCCCCC(=O)OC(CN1CCN(c2ccccn2)CC1)CN1C(=O)[C@H]2CC=CC[C@H]2C1=O. The van der Waals surface area contributed by atoms with E-state index in [0.717, 1.165) is 51.3 Å². The maximum absolute atomic E-state index is 13.2. The van der Waals surface area contributed by atoms with Gasteiger partial charge < -0.3 is 9.64 Å². The molecule has 3 atom stereocenters. The molecule has 43 heavy (non-hydrogen) atoms. The van der Waals surface area contributed by atoms with Crippen molar-refractivity contribution >= 4 is 23.6 Å². The van der Waals surface area contributed by atoms with Crippen molar-refractivity contribution in [3.8, 4) is 0 Å². The highest BCUT2D eigenvalue weighted by atomic mass is 16.5. The zero-order valence-corrected chi connectivity index (χ0v) is 26.5. The second-order valence-corrected chi connectivity index (χ2v) is 12.7. The highest BCUT2D eigenvalue weighted by molar-refractivity contribution is 6.05. The van der Waals surface area contributed by atoms with E-state index in [4.69, 9.17) is 4.74 Å². The fourth-order valence-electron chi connectivity index (χ4n) is 6.73. The number of anilines is 1. The average molecular weight is 595 g/mol. The summed E-state index contributed by atoms with van der Waals surface area (Å²) in [6.45, 7) is 6.19. The van der Waals surface area contributed by atoms with E-state index in [1.165, 1.54) is 62.7 Å². The van der Waals surface area contributed by atoms with Crippen molar-refractivity contribution in [3.63, 3.8) is 0 Å². The average Bonchev–Trinajstić information content (AvgIpc) is 3.27. The third kappa shape index (κ3) is 10.4. The number of imide groups is 1. The molecule has 0 spiro atoms. The monoisotopic (exact) mass is 594 g/mol. The topological polar surface area (TPSA) is 83.1 Å². The van der Waals surface area contributed by atoms with Gasteiger partial charge in [-0.15, -0.1) is 0 Å². The van der Waals surface area contributed by atoms with E-state index in [1.54, 1.807) is 0 Å². The Bertz CT molecular complexity index is 998. The van der Waals surface area contributed by atoms with Crippen LogP contribution >= 0.6 is 0 Å². The number of hydrogen-bond acceptors (Lipinski definition) is 7. The van der Waals surface area contributed by atoms with Crippen molar-refractivity contribution in [3.05, 3.63) is 36.5 Å². The molecule has 2 amide bonds. The number of hydrogen-bond donors (Lipinski definition) is 0. The number of esters is 1. The molecule has 238 valence electrons. The fourth-order valence-corrected chi connectivity index (χ4v) is 6.73. The summed E-state index contributed by atoms with van der Waals surface area (Å²) in [5.41, 5.74) is 0. The number of unbranched alkanes of at least 4 members (excludes halogenated alkanes) is 11. The predicted molar refractivity (Wildman–Crippen MR) is 171 cm³/mol. The second kappa shape index (κ2) is 18.2. The van der Waals surface area contributed by atoms with Gasteiger partial charge in [-0.25, -0.2) is 4.98 Å². The van der Waals surface area contributed by atoms with Gasteiger partial charge in [0.1, 0.15) is 11.9 Å². The highest BCUT2D eigenvalue weighted by Crippen LogP contribution is 2.35. The van der Waals surface area contributed by atoms with E-state index in [0.29, 0.717) is 25.8 Å². The van der Waals surface area contributed by atoms with Crippen LogP contribution < -0.4 is 4.90 Å². The van der Waals surface area contributed by atoms with Gasteiger partial charge in [0, 0.05) is 45.3 Å². The Morgan fingerprint density at radius 2 is 1.40 bits per heavy atom. The molecule has 8 heteroatoms. The smallest absolute Gasteiger partial charge is 0.306 e. The lowest BCUT2D eigenvalue weighted by Gasteiger charge is -2.37. The van der Waals surface area contributed by atoms with Crippen LogP contribution in [-0.2, 0) is 19.1 Å². The summed E-state index contributed by atoms with van der Waals surface area (Å²) in [6, 6.07) is 5.94. The van der Waals surface area contributed by atoms with Gasteiger partial charge in [0.25, 0.3) is 0 Å². The molecule has 8 nitrogen and oxygen atoms in total. The van der Waals surface area contributed by atoms with Crippen molar-refractivity contribution < 1.29 is 19.1 Å². The van der Waals surface area contributed by atoms with Crippen LogP contribution in [0.25, 0.3) is 0 Å². The van der Waals surface area contributed by atoms with Gasteiger partial charge in [0.15, 0.2) is 0 Å². The molecule has 2 fully saturated rings. The summed E-state index contributed by atoms with van der Waals surface area (Å²) in [6.07, 6.45) is 21.9. The number of amides is 2. The first-order valence-corrected chi connectivity index (χ1v) is 17.1. The van der Waals surface area contributed by atoms with Gasteiger partial charge in [-0.05, 0) is 31.4 Å². The summed E-state index contributed by atoms with van der Waals surface area (Å²) in [4.78, 5) is 49.7. The molecule has 0 bridgehead atoms. The van der Waals surface area contributed by atoms with Crippen molar-refractivity contribution in [1.29, 1.82) is 0 Å². The van der Waals surface area contributed by atoms with Gasteiger partial charge in [0.05, 0.1) is 18.4 Å². The third-order valence-electron chi connectivity index (χ3n) is 9.33. The standard InChI is InChI=1S/C35H54N4O4/c1-2-3-4-5-6-7-8-9-10-11-12-13-21-33(40)43-29(28-39-34(41)30-18-14-15-19-31(30)35(39)42)27-37-23-25-38(26-24-37)32-20-16-17-22-36-32/h14-17,20,22,29-31H,2-13,18-19,21,23-28H2,1H3/t29?,30-,31+. The van der Waals surface area contributed by atoms with Gasteiger partial charge >= 0.3 is 5.97 Å². The molecule has 2 aliphatic heterocycles. The van der Waals surface area contributed by atoms with Crippen molar-refractivity contribution in [2.75, 3.05) is 44.2 Å². The Labute approximate surface area is 259 Å². The van der Waals surface area contributed by atoms with Crippen molar-refractivity contribution in [2.24, 2.45) is 11.8 Å². The van der Waals surface area contributed by atoms with Gasteiger partial charge in [-0.2, -0.15) is 0 Å². The first-order valence-electron chi connectivity index (χ1n) is 17.1. The predicted octanol–water partition coefficient (Wildman–Crippen LogP) is 6.16. The number of rotatable bonds is 19. The fraction of sp³-hybridized carbons (Fsp3) is 0.714. The summed E-state index contributed by atoms with van der Waals surface area (Å²) in [5.74, 6) is -0.00398. The molecule has 1 aliphatic carbocycles. The maximum Gasteiger partial charge on any atom is 0.306 e. The number of piperazine rings is 1. The first kappa shape index (κ1) is 33.2. The van der Waals surface area contributed by atoms with Gasteiger partial charge in [-0.3, -0.25) is 24.2 Å². The molecule has 0 radical (unpaired) electrons. The molecule has 2 saturated heterocycles. The lowest BCUT2D eigenvalue weighted by molar-refractivity contribution is -0.155. The van der Waals surface area contributed by atoms with Crippen molar-refractivity contribution in [2.45, 2.75) is 109 Å². The first-order chi connectivity index (χ1) is 21.1. The van der Waals surface area contributed by atoms with Crippen LogP contribution in [0.1, 0.15) is 103 Å². The van der Waals surface area contributed by atoms with Crippen LogP contribution in [0.15, 0.2) is 36.5 Å². The van der Waals surface area contributed by atoms with E-state index in [2.05, 4.69) is 21.7 Å². The van der Waals surface area contributed by atoms with E-state index in [9.17, 15) is 14.4 Å². The summed E-state index contributed by atoms with van der Waals surface area (Å²) in [7, 11) is 0. The number of nitrogens with zero attached hydrogens (tertiary/aromatic N) is 4. The summed E-state index contributed by atoms with van der Waals surface area (Å²) in [5, 5.41) is 0. The molecule has 3 heterocycles. The van der Waals surface area contributed by atoms with Crippen LogP contribution in [0.2, 0.25) is 0 Å². The zero-order chi connectivity index (χ0) is 30.3. The number of allylic oxidation sites excluding steroid dienone is 2. The number of carbonyl (C=O) groups is 3. The van der Waals surface area contributed by atoms with Crippen molar-refractivity contribution in [1.82, 2.24) is 14.8 Å². The maximum atomic E-state index is 13.2. The summed E-state index contributed by atoms with van der Waals surface area (Å²) >= 11 is 0. The number of aromatic nitrogens is 1. The Morgan fingerprint density at radius 1 is 0.814 bits per heavy atom. The second-order valence-electron chi connectivity index (χ2n) is 12.7. The van der Waals surface area contributed by atoms with Crippen LogP contribution in [0.4, 0.5) is 5.82 Å². The Balaban J connectivity index is 1.21. The van der Waals surface area contributed by atoms with Crippen LogP contribution in [0.3, 0.4) is 0 Å². The van der Waals surface area contributed by atoms with E-state index < -0.39 is 6.10 Å². The minimum atomic E-state index is -0.521. The molecular formula is C35H54N4O4. The van der Waals surface area contributed by atoms with Gasteiger partial charge in [-0.1, -0.05) is 95.8 Å². The molecule has 0 aromatic carbocycles. The lowest BCUT2D eigenvalue weighted by Crippen LogP contribution is -2.51. The number of carbonyl (C=O) groups excluding carboxylic acids is 3. The minimum Gasteiger partial charge on any atom is -0.459 e. The van der Waals surface area contributed by atoms with E-state index in [-0.39, 0.29) is 36.2 Å². The molecular weight excluding hydrogens is 540 g/mol. The molecule has 1 aromatic rings. The van der Waals surface area contributed by atoms with E-state index in [1.807, 2.05) is 36.5 Å². The molecule has 1 aromatic heterocycles. The number of likely N-dealkylation sites (tertiary alicyclic amines) is 1. The summed E-state index contributed by atoms with van der Waals surface area (Å²) < 4.78 is 6.01. The van der Waals surface area contributed by atoms with Crippen LogP contribution in [-0.4, -0.2) is 77.9 Å². The van der Waals surface area contributed by atoms with Crippen LogP contribution in [0, 0.1) is 11.8 Å². The Hall–Kier alpha value is -2.74.